The quantitative estimate of drug-likeness (QED) is 0.868. The molecule has 5 nitrogen and oxygen atoms in total. The summed E-state index contributed by atoms with van der Waals surface area (Å²) in [6, 6.07) is 2.19. The highest BCUT2D eigenvalue weighted by Crippen LogP contribution is 2.25. The van der Waals surface area contributed by atoms with Crippen molar-refractivity contribution in [1.82, 2.24) is 15.1 Å². The zero-order valence-electron chi connectivity index (χ0n) is 13.5. The maximum atomic E-state index is 11.8. The van der Waals surface area contributed by atoms with Gasteiger partial charge in [0.05, 0.1) is 10.9 Å². The van der Waals surface area contributed by atoms with Gasteiger partial charge in [-0.1, -0.05) is 13.3 Å². The lowest BCUT2D eigenvalue weighted by atomic mass is 10.1. The maximum Gasteiger partial charge on any atom is 0.151 e. The Morgan fingerprint density at radius 3 is 2.71 bits per heavy atom. The van der Waals surface area contributed by atoms with E-state index < -0.39 is 9.84 Å². The lowest BCUT2D eigenvalue weighted by Crippen LogP contribution is -2.42. The van der Waals surface area contributed by atoms with Crippen molar-refractivity contribution in [2.45, 2.75) is 57.9 Å². The van der Waals surface area contributed by atoms with Crippen molar-refractivity contribution in [2.24, 2.45) is 5.92 Å². The molecule has 0 saturated heterocycles. The lowest BCUT2D eigenvalue weighted by Gasteiger charge is -2.22. The molecule has 0 amide bonds. The second kappa shape index (κ2) is 6.48. The first-order chi connectivity index (χ1) is 9.77. The zero-order valence-corrected chi connectivity index (χ0v) is 14.3. The van der Waals surface area contributed by atoms with Gasteiger partial charge in [0.2, 0.25) is 0 Å². The third-order valence-electron chi connectivity index (χ3n) is 4.32. The van der Waals surface area contributed by atoms with Crippen molar-refractivity contribution in [2.75, 3.05) is 12.8 Å². The van der Waals surface area contributed by atoms with Crippen LogP contribution in [0.2, 0.25) is 0 Å². The molecular weight excluding hydrogens is 286 g/mol. The third-order valence-corrected chi connectivity index (χ3v) is 5.98. The molecule has 1 aromatic rings. The van der Waals surface area contributed by atoms with Crippen LogP contribution in [0.5, 0.6) is 0 Å². The van der Waals surface area contributed by atoms with Gasteiger partial charge in [0.15, 0.2) is 9.84 Å². The molecule has 0 aromatic carbocycles. The van der Waals surface area contributed by atoms with Gasteiger partial charge in [0.1, 0.15) is 0 Å². The molecular formula is C15H27N3O2S. The van der Waals surface area contributed by atoms with E-state index in [0.717, 1.165) is 38.0 Å². The first kappa shape index (κ1) is 16.5. The first-order valence-electron chi connectivity index (χ1n) is 7.70. The van der Waals surface area contributed by atoms with E-state index >= 15 is 0 Å². The molecule has 1 saturated carbocycles. The molecule has 1 heterocycles. The van der Waals surface area contributed by atoms with Crippen molar-refractivity contribution >= 4 is 9.84 Å². The van der Waals surface area contributed by atoms with Gasteiger partial charge in [-0.3, -0.25) is 4.68 Å². The number of nitrogens with one attached hydrogen (secondary N) is 1. The lowest BCUT2D eigenvalue weighted by molar-refractivity contribution is 0.388. The van der Waals surface area contributed by atoms with E-state index in [1.807, 2.05) is 11.6 Å². The Kier molecular flexibility index (Phi) is 5.09. The Morgan fingerprint density at radius 1 is 1.43 bits per heavy atom. The smallest absolute Gasteiger partial charge is 0.151 e. The number of sulfone groups is 1. The first-order valence-corrected chi connectivity index (χ1v) is 9.66. The minimum atomic E-state index is -2.94. The monoisotopic (exact) mass is 313 g/mol. The molecule has 0 aliphatic heterocycles. The fourth-order valence-corrected chi connectivity index (χ4v) is 4.67. The van der Waals surface area contributed by atoms with Gasteiger partial charge >= 0.3 is 0 Å². The van der Waals surface area contributed by atoms with Crippen molar-refractivity contribution < 1.29 is 8.42 Å². The average Bonchev–Trinajstić information content (AvgIpc) is 2.93. The van der Waals surface area contributed by atoms with Crippen LogP contribution in [0, 0.1) is 19.8 Å². The molecule has 21 heavy (non-hydrogen) atoms. The normalized spacial score (nSPS) is 24.4. The summed E-state index contributed by atoms with van der Waals surface area (Å²) in [7, 11) is -2.94. The van der Waals surface area contributed by atoms with Crippen LogP contribution in [0.3, 0.4) is 0 Å². The van der Waals surface area contributed by atoms with Crippen LogP contribution < -0.4 is 5.32 Å². The Hall–Kier alpha value is -0.880. The van der Waals surface area contributed by atoms with Crippen LogP contribution in [0.1, 0.15) is 37.6 Å². The molecule has 0 radical (unpaired) electrons. The van der Waals surface area contributed by atoms with E-state index in [9.17, 15) is 8.42 Å². The Morgan fingerprint density at radius 2 is 2.14 bits per heavy atom. The Balaban J connectivity index is 1.86. The second-order valence-corrected chi connectivity index (χ2v) is 8.79. The van der Waals surface area contributed by atoms with Crippen LogP contribution in [0.25, 0.3) is 0 Å². The van der Waals surface area contributed by atoms with E-state index in [4.69, 9.17) is 0 Å². The summed E-state index contributed by atoms with van der Waals surface area (Å²) in [6.07, 6.45) is 4.12. The van der Waals surface area contributed by atoms with Crippen LogP contribution >= 0.6 is 0 Å². The second-order valence-electron chi connectivity index (χ2n) is 6.53. The predicted octanol–water partition coefficient (Wildman–Crippen LogP) is 1.69. The Labute approximate surface area is 128 Å². The van der Waals surface area contributed by atoms with E-state index in [2.05, 4.69) is 30.3 Å². The summed E-state index contributed by atoms with van der Waals surface area (Å²) in [5.41, 5.74) is 2.22. The van der Waals surface area contributed by atoms with Gasteiger partial charge in [0, 0.05) is 24.5 Å². The predicted molar refractivity (Wildman–Crippen MR) is 85.1 cm³/mol. The van der Waals surface area contributed by atoms with Gasteiger partial charge in [-0.2, -0.15) is 5.10 Å². The van der Waals surface area contributed by atoms with Crippen LogP contribution in [0.15, 0.2) is 6.07 Å². The number of aromatic nitrogens is 2. The van der Waals surface area contributed by atoms with Crippen molar-refractivity contribution in [3.8, 4) is 0 Å². The highest BCUT2D eigenvalue weighted by molar-refractivity contribution is 7.91. The molecule has 1 aliphatic rings. The molecule has 120 valence electrons. The standard InChI is InChI=1S/C15H27N3O2S/c1-11(10-18-13(3)8-12(2)17-18)9-16-14-6-5-7-15(14)21(4,19)20/h8,11,14-16H,5-7,9-10H2,1-4H3/t11-,14-,15-/m1/s1. The maximum absolute atomic E-state index is 11.8. The Bertz CT molecular complexity index is 580. The molecule has 1 N–H and O–H groups in total. The van der Waals surface area contributed by atoms with E-state index in [-0.39, 0.29) is 11.3 Å². The number of hydrogen-bond donors (Lipinski definition) is 1. The fraction of sp³-hybridized carbons (Fsp3) is 0.800. The molecule has 3 atom stereocenters. The molecule has 1 aliphatic carbocycles. The molecule has 0 spiro atoms. The van der Waals surface area contributed by atoms with Gasteiger partial charge < -0.3 is 5.32 Å². The van der Waals surface area contributed by atoms with E-state index in [1.165, 1.54) is 11.9 Å². The largest absolute Gasteiger partial charge is 0.312 e. The fourth-order valence-electron chi connectivity index (χ4n) is 3.24. The summed E-state index contributed by atoms with van der Waals surface area (Å²) < 4.78 is 25.6. The van der Waals surface area contributed by atoms with Crippen LogP contribution in [-0.4, -0.2) is 42.3 Å². The average molecular weight is 313 g/mol. The summed E-state index contributed by atoms with van der Waals surface area (Å²) in [4.78, 5) is 0. The molecule has 0 unspecified atom stereocenters. The van der Waals surface area contributed by atoms with Gasteiger partial charge in [-0.05, 0) is 45.2 Å². The summed E-state index contributed by atoms with van der Waals surface area (Å²) in [5, 5.41) is 7.73. The summed E-state index contributed by atoms with van der Waals surface area (Å²) in [5.74, 6) is 0.420. The van der Waals surface area contributed by atoms with Gasteiger partial charge in [0.25, 0.3) is 0 Å². The minimum absolute atomic E-state index is 0.114. The number of nitrogens with zero attached hydrogens (tertiary/aromatic N) is 2. The minimum Gasteiger partial charge on any atom is -0.312 e. The molecule has 2 rings (SSSR count). The number of aryl methyl sites for hydroxylation is 2. The third kappa shape index (κ3) is 4.30. The molecule has 6 heteroatoms. The SMILES string of the molecule is Cc1cc(C)n(C[C@H](C)CN[C@@H]2CCC[C@H]2S(C)(=O)=O)n1. The molecule has 1 aromatic heterocycles. The summed E-state index contributed by atoms with van der Waals surface area (Å²) >= 11 is 0. The van der Waals surface area contributed by atoms with Crippen LogP contribution in [-0.2, 0) is 16.4 Å². The molecule has 0 bridgehead atoms. The van der Waals surface area contributed by atoms with Gasteiger partial charge in [-0.15, -0.1) is 0 Å². The highest BCUT2D eigenvalue weighted by atomic mass is 32.2. The van der Waals surface area contributed by atoms with Crippen molar-refractivity contribution in [3.63, 3.8) is 0 Å². The van der Waals surface area contributed by atoms with Gasteiger partial charge in [-0.25, -0.2) is 8.42 Å². The number of rotatable bonds is 6. The zero-order chi connectivity index (χ0) is 15.6. The van der Waals surface area contributed by atoms with E-state index in [0.29, 0.717) is 5.92 Å². The highest BCUT2D eigenvalue weighted by Gasteiger charge is 2.34. The van der Waals surface area contributed by atoms with E-state index in [1.54, 1.807) is 0 Å². The summed E-state index contributed by atoms with van der Waals surface area (Å²) in [6.45, 7) is 7.93. The van der Waals surface area contributed by atoms with Crippen LogP contribution in [0.4, 0.5) is 0 Å². The van der Waals surface area contributed by atoms with Crippen molar-refractivity contribution in [1.29, 1.82) is 0 Å². The van der Waals surface area contributed by atoms with Crippen molar-refractivity contribution in [3.05, 3.63) is 17.5 Å². The number of hydrogen-bond acceptors (Lipinski definition) is 4. The topological polar surface area (TPSA) is 64.0 Å². The molecule has 1 fully saturated rings.